The first-order chi connectivity index (χ1) is 16.6. The van der Waals surface area contributed by atoms with E-state index in [0.29, 0.717) is 0 Å². The molecule has 3 aromatic carbocycles. The Hall–Kier alpha value is -3.46. The molecule has 0 fully saturated rings. The van der Waals surface area contributed by atoms with Crippen LogP contribution in [0.25, 0.3) is 43.7 Å². The van der Waals surface area contributed by atoms with Crippen LogP contribution in [0.5, 0.6) is 0 Å². The number of benzene rings is 3. The van der Waals surface area contributed by atoms with Gasteiger partial charge in [-0.05, 0) is 50.5 Å². The summed E-state index contributed by atoms with van der Waals surface area (Å²) in [6.45, 7) is 6.79. The first kappa shape index (κ1) is 23.3. The molecule has 0 aliphatic heterocycles. The van der Waals surface area contributed by atoms with E-state index in [2.05, 4.69) is 78.2 Å². The Morgan fingerprint density at radius 2 is 1.63 bits per heavy atom. The largest absolute Gasteiger partial charge is 0.360 e. The van der Waals surface area contributed by atoms with E-state index in [1.165, 1.54) is 43.6 Å². The summed E-state index contributed by atoms with van der Waals surface area (Å²) < 4.78 is 0. The average molecular weight is 630 g/mol. The number of nitrogens with zero attached hydrogens (tertiary/aromatic N) is 3. The predicted molar refractivity (Wildman–Crippen MR) is 139 cm³/mol. The van der Waals surface area contributed by atoms with E-state index in [0.717, 1.165) is 16.8 Å². The molecule has 1 radical (unpaired) electrons. The molecule has 3 heterocycles. The van der Waals surface area contributed by atoms with Crippen LogP contribution in [0.15, 0.2) is 85.5 Å². The van der Waals surface area contributed by atoms with Crippen molar-refractivity contribution >= 4 is 32.4 Å². The Balaban J connectivity index is 0.000000167. The molecule has 173 valence electrons. The van der Waals surface area contributed by atoms with Crippen LogP contribution < -0.4 is 0 Å². The summed E-state index contributed by atoms with van der Waals surface area (Å²) >= 11 is 0. The van der Waals surface area contributed by atoms with Gasteiger partial charge in [0.2, 0.25) is 0 Å². The van der Waals surface area contributed by atoms with Gasteiger partial charge in [0.1, 0.15) is 0 Å². The molecule has 0 unspecified atom stereocenters. The average Bonchev–Trinajstić information content (AvgIpc) is 3.12. The molecule has 7 rings (SSSR count). The standard InChI is InChI=1S/C21H16N.C10H7N2.Ir/c1-12-10-15-19-17(11-12)21(2,3)16-8-4-6-13(18(16)19)14-7-5-9-22-20(14)15;1-2-7-12-10(5-1)9-4-3-6-11-8-9;/h4-9,11H,1-3H3;1-3,5-8H;/q2*-1;. The van der Waals surface area contributed by atoms with Crippen LogP contribution in [0.1, 0.15) is 30.5 Å². The van der Waals surface area contributed by atoms with E-state index in [9.17, 15) is 0 Å². The minimum absolute atomic E-state index is 0. The van der Waals surface area contributed by atoms with Gasteiger partial charge in [-0.1, -0.05) is 74.9 Å². The quantitative estimate of drug-likeness (QED) is 0.142. The number of fused-ring (bicyclic) bond motifs is 3. The van der Waals surface area contributed by atoms with E-state index in [1.54, 1.807) is 24.7 Å². The van der Waals surface area contributed by atoms with Crippen molar-refractivity contribution in [3.05, 3.63) is 114 Å². The van der Waals surface area contributed by atoms with E-state index in [1.807, 2.05) is 30.5 Å². The number of hydrogen-bond donors (Lipinski definition) is 0. The van der Waals surface area contributed by atoms with E-state index in [-0.39, 0.29) is 25.5 Å². The van der Waals surface area contributed by atoms with Gasteiger partial charge in [-0.25, -0.2) is 0 Å². The molecular formula is C31H23IrN3-2. The van der Waals surface area contributed by atoms with Gasteiger partial charge in [0, 0.05) is 32.5 Å². The molecule has 0 saturated heterocycles. The van der Waals surface area contributed by atoms with Gasteiger partial charge >= 0.3 is 0 Å². The summed E-state index contributed by atoms with van der Waals surface area (Å²) in [7, 11) is 0. The van der Waals surface area contributed by atoms with Crippen LogP contribution in [0.4, 0.5) is 0 Å². The number of hydrogen-bond acceptors (Lipinski definition) is 3. The van der Waals surface area contributed by atoms with Crippen LogP contribution >= 0.6 is 0 Å². The molecule has 6 aromatic rings. The summed E-state index contributed by atoms with van der Waals surface area (Å²) in [5.41, 5.74) is 6.98. The maximum Gasteiger partial charge on any atom is 0.0161 e. The number of aryl methyl sites for hydroxylation is 1. The van der Waals surface area contributed by atoms with Crippen LogP contribution in [0, 0.1) is 19.1 Å². The maximum atomic E-state index is 4.68. The third-order valence-corrected chi connectivity index (χ3v) is 6.74. The summed E-state index contributed by atoms with van der Waals surface area (Å²) in [4.78, 5) is 12.8. The van der Waals surface area contributed by atoms with Crippen LogP contribution in [-0.4, -0.2) is 15.0 Å². The van der Waals surface area contributed by atoms with Gasteiger partial charge in [0.05, 0.1) is 0 Å². The van der Waals surface area contributed by atoms with Gasteiger partial charge in [-0.2, -0.15) is 0 Å². The van der Waals surface area contributed by atoms with Crippen molar-refractivity contribution in [2.75, 3.05) is 0 Å². The van der Waals surface area contributed by atoms with Crippen molar-refractivity contribution in [2.45, 2.75) is 26.2 Å². The van der Waals surface area contributed by atoms with E-state index >= 15 is 0 Å². The predicted octanol–water partition coefficient (Wildman–Crippen LogP) is 7.23. The molecular weight excluding hydrogens is 607 g/mol. The fourth-order valence-corrected chi connectivity index (χ4v) is 5.17. The zero-order valence-electron chi connectivity index (χ0n) is 19.8. The summed E-state index contributed by atoms with van der Waals surface area (Å²) in [5.74, 6) is 0. The van der Waals surface area contributed by atoms with Crippen molar-refractivity contribution in [3.63, 3.8) is 0 Å². The molecule has 1 aliphatic carbocycles. The smallest absolute Gasteiger partial charge is 0.0161 e. The van der Waals surface area contributed by atoms with Gasteiger partial charge in [-0.15, -0.1) is 46.3 Å². The first-order valence-corrected chi connectivity index (χ1v) is 11.5. The SMILES string of the molecule is Cc1[c-]c2c3ncccc3c3cccc4c3c2c(c1)C4(C)C.[Ir].[c-]1ccncc1-c1ccccn1. The molecule has 0 atom stereocenters. The molecule has 0 bridgehead atoms. The Labute approximate surface area is 218 Å². The monoisotopic (exact) mass is 630 g/mol. The molecule has 4 heteroatoms. The number of pyridine rings is 3. The fraction of sp³-hybridized carbons (Fsp3) is 0.129. The Morgan fingerprint density at radius 1 is 0.800 bits per heavy atom. The van der Waals surface area contributed by atoms with Crippen molar-refractivity contribution in [1.29, 1.82) is 0 Å². The minimum Gasteiger partial charge on any atom is -0.360 e. The van der Waals surface area contributed by atoms with Crippen LogP contribution in [0.3, 0.4) is 0 Å². The van der Waals surface area contributed by atoms with Crippen molar-refractivity contribution in [3.8, 4) is 11.3 Å². The van der Waals surface area contributed by atoms with Gasteiger partial charge in [0.25, 0.3) is 0 Å². The molecule has 0 N–H and O–H groups in total. The Kier molecular flexibility index (Phi) is 5.96. The van der Waals surface area contributed by atoms with Crippen molar-refractivity contribution in [2.24, 2.45) is 0 Å². The summed E-state index contributed by atoms with van der Waals surface area (Å²) in [5, 5.41) is 6.48. The molecule has 3 aromatic heterocycles. The summed E-state index contributed by atoms with van der Waals surface area (Å²) in [6, 6.07) is 27.4. The first-order valence-electron chi connectivity index (χ1n) is 11.5. The topological polar surface area (TPSA) is 38.7 Å². The second-order valence-electron chi connectivity index (χ2n) is 9.24. The second-order valence-corrected chi connectivity index (χ2v) is 9.24. The molecule has 0 saturated carbocycles. The molecule has 35 heavy (non-hydrogen) atoms. The Morgan fingerprint density at radius 3 is 2.40 bits per heavy atom. The van der Waals surface area contributed by atoms with Crippen LogP contribution in [-0.2, 0) is 25.5 Å². The number of aromatic nitrogens is 3. The zero-order valence-corrected chi connectivity index (χ0v) is 22.2. The number of rotatable bonds is 1. The zero-order chi connectivity index (χ0) is 23.3. The third-order valence-electron chi connectivity index (χ3n) is 6.74. The molecule has 3 nitrogen and oxygen atoms in total. The van der Waals surface area contributed by atoms with Gasteiger partial charge in [0.15, 0.2) is 0 Å². The normalized spacial score (nSPS) is 13.0. The molecule has 0 amide bonds. The third kappa shape index (κ3) is 3.74. The van der Waals surface area contributed by atoms with Gasteiger partial charge in [-0.3, -0.25) is 0 Å². The minimum atomic E-state index is 0. The Bertz CT molecular complexity index is 1640. The van der Waals surface area contributed by atoms with Crippen molar-refractivity contribution in [1.82, 2.24) is 15.0 Å². The van der Waals surface area contributed by atoms with Gasteiger partial charge < -0.3 is 15.0 Å². The van der Waals surface area contributed by atoms with E-state index < -0.39 is 0 Å². The maximum absolute atomic E-state index is 4.68. The van der Waals surface area contributed by atoms with Crippen molar-refractivity contribution < 1.29 is 20.1 Å². The molecule has 0 spiro atoms. The van der Waals surface area contributed by atoms with Crippen LogP contribution in [0.2, 0.25) is 0 Å². The summed E-state index contributed by atoms with van der Waals surface area (Å²) in [6.07, 6.45) is 7.10. The molecule has 1 aliphatic rings. The van der Waals surface area contributed by atoms with E-state index in [4.69, 9.17) is 0 Å². The fourth-order valence-electron chi connectivity index (χ4n) is 5.17. The second kappa shape index (κ2) is 8.96.